The maximum atomic E-state index is 5.78. The van der Waals surface area contributed by atoms with Crippen molar-refractivity contribution in [2.24, 2.45) is 4.99 Å². The Morgan fingerprint density at radius 1 is 0.957 bits per heavy atom. The van der Waals surface area contributed by atoms with Crippen molar-refractivity contribution in [2.75, 3.05) is 20.2 Å². The summed E-state index contributed by atoms with van der Waals surface area (Å²) < 4.78 is 10.9. The smallest absolute Gasteiger partial charge is 0.128 e. The van der Waals surface area contributed by atoms with E-state index in [0.29, 0.717) is 13.2 Å². The second-order valence-corrected chi connectivity index (χ2v) is 5.55. The number of methoxy groups -OCH3 is 1. The van der Waals surface area contributed by atoms with E-state index in [9.17, 15) is 0 Å². The molecular formula is C19H22N2O2. The number of aliphatic imine (C=N–C) groups is 1. The lowest BCUT2D eigenvalue weighted by atomic mass is 10.1. The predicted molar refractivity (Wildman–Crippen MR) is 92.0 cm³/mol. The average molecular weight is 310 g/mol. The molecule has 120 valence electrons. The van der Waals surface area contributed by atoms with Gasteiger partial charge in [-0.2, -0.15) is 0 Å². The maximum absolute atomic E-state index is 5.78. The van der Waals surface area contributed by atoms with E-state index in [1.165, 1.54) is 5.56 Å². The molecule has 0 bridgehead atoms. The van der Waals surface area contributed by atoms with E-state index in [-0.39, 0.29) is 0 Å². The van der Waals surface area contributed by atoms with Crippen LogP contribution in [0.3, 0.4) is 0 Å². The quantitative estimate of drug-likeness (QED) is 0.891. The van der Waals surface area contributed by atoms with Gasteiger partial charge in [-0.15, -0.1) is 0 Å². The second kappa shape index (κ2) is 7.79. The summed E-state index contributed by atoms with van der Waals surface area (Å²) in [6.07, 6.45) is 1.11. The molecule has 0 aliphatic carbocycles. The number of rotatable bonds is 6. The molecule has 1 heterocycles. The van der Waals surface area contributed by atoms with E-state index >= 15 is 0 Å². The highest BCUT2D eigenvalue weighted by Gasteiger charge is 2.06. The van der Waals surface area contributed by atoms with Crippen molar-refractivity contribution in [3.8, 4) is 5.75 Å². The van der Waals surface area contributed by atoms with Gasteiger partial charge >= 0.3 is 0 Å². The van der Waals surface area contributed by atoms with E-state index in [0.717, 1.165) is 42.2 Å². The third-order valence-corrected chi connectivity index (χ3v) is 3.82. The van der Waals surface area contributed by atoms with Crippen LogP contribution in [0.25, 0.3) is 0 Å². The first-order valence-corrected chi connectivity index (χ1v) is 7.93. The molecule has 4 heteroatoms. The number of amidine groups is 1. The summed E-state index contributed by atoms with van der Waals surface area (Å²) in [5, 5.41) is 3.34. The van der Waals surface area contributed by atoms with Crippen LogP contribution in [-0.4, -0.2) is 26.0 Å². The van der Waals surface area contributed by atoms with E-state index in [1.807, 2.05) is 24.3 Å². The van der Waals surface area contributed by atoms with Crippen molar-refractivity contribution >= 4 is 5.84 Å². The van der Waals surface area contributed by atoms with Gasteiger partial charge in [-0.05, 0) is 29.7 Å². The van der Waals surface area contributed by atoms with Gasteiger partial charge in [0.2, 0.25) is 0 Å². The van der Waals surface area contributed by atoms with Crippen molar-refractivity contribution in [3.63, 3.8) is 0 Å². The zero-order valence-corrected chi connectivity index (χ0v) is 13.4. The minimum atomic E-state index is 0.597. The summed E-state index contributed by atoms with van der Waals surface area (Å²) in [6, 6.07) is 16.3. The van der Waals surface area contributed by atoms with Gasteiger partial charge in [-0.3, -0.25) is 4.99 Å². The SMILES string of the molecule is COc1ccc(COCc2ccc(C3=NCCCN3)cc2)cc1. The molecule has 3 rings (SSSR count). The monoisotopic (exact) mass is 310 g/mol. The largest absolute Gasteiger partial charge is 0.497 e. The fourth-order valence-corrected chi connectivity index (χ4v) is 2.49. The summed E-state index contributed by atoms with van der Waals surface area (Å²) in [5.41, 5.74) is 3.45. The molecule has 2 aromatic rings. The molecule has 2 aromatic carbocycles. The lowest BCUT2D eigenvalue weighted by molar-refractivity contribution is 0.107. The molecule has 4 nitrogen and oxygen atoms in total. The van der Waals surface area contributed by atoms with Gasteiger partial charge < -0.3 is 14.8 Å². The Kier molecular flexibility index (Phi) is 5.27. The topological polar surface area (TPSA) is 42.9 Å². The number of nitrogens with zero attached hydrogens (tertiary/aromatic N) is 1. The summed E-state index contributed by atoms with van der Waals surface area (Å²) in [4.78, 5) is 4.51. The van der Waals surface area contributed by atoms with Gasteiger partial charge in [0.05, 0.1) is 20.3 Å². The Bertz CT molecular complexity index is 648. The zero-order valence-electron chi connectivity index (χ0n) is 13.4. The van der Waals surface area contributed by atoms with Crippen molar-refractivity contribution in [1.29, 1.82) is 0 Å². The molecule has 1 aliphatic rings. The predicted octanol–water partition coefficient (Wildman–Crippen LogP) is 3.15. The molecule has 1 N–H and O–H groups in total. The highest BCUT2D eigenvalue weighted by Crippen LogP contribution is 2.13. The van der Waals surface area contributed by atoms with Crippen LogP contribution in [-0.2, 0) is 18.0 Å². The molecular weight excluding hydrogens is 288 g/mol. The zero-order chi connectivity index (χ0) is 15.9. The van der Waals surface area contributed by atoms with Crippen LogP contribution in [0.4, 0.5) is 0 Å². The molecule has 0 spiro atoms. The molecule has 0 radical (unpaired) electrons. The Hall–Kier alpha value is -2.33. The summed E-state index contributed by atoms with van der Waals surface area (Å²) in [7, 11) is 1.67. The third-order valence-electron chi connectivity index (χ3n) is 3.82. The minimum absolute atomic E-state index is 0.597. The maximum Gasteiger partial charge on any atom is 0.128 e. The van der Waals surface area contributed by atoms with Gasteiger partial charge in [0, 0.05) is 18.7 Å². The molecule has 23 heavy (non-hydrogen) atoms. The van der Waals surface area contributed by atoms with Crippen molar-refractivity contribution in [1.82, 2.24) is 5.32 Å². The normalized spacial score (nSPS) is 14.0. The molecule has 1 aliphatic heterocycles. The first-order valence-electron chi connectivity index (χ1n) is 7.93. The Balaban J connectivity index is 1.51. The first-order chi connectivity index (χ1) is 11.3. The fourth-order valence-electron chi connectivity index (χ4n) is 2.49. The Morgan fingerprint density at radius 3 is 2.17 bits per heavy atom. The highest BCUT2D eigenvalue weighted by molar-refractivity contribution is 5.99. The molecule has 0 amide bonds. The third kappa shape index (κ3) is 4.33. The average Bonchev–Trinajstić information content (AvgIpc) is 2.64. The number of nitrogens with one attached hydrogen (secondary N) is 1. The van der Waals surface area contributed by atoms with Crippen LogP contribution < -0.4 is 10.1 Å². The van der Waals surface area contributed by atoms with Crippen molar-refractivity contribution < 1.29 is 9.47 Å². The van der Waals surface area contributed by atoms with Crippen LogP contribution in [0.2, 0.25) is 0 Å². The van der Waals surface area contributed by atoms with E-state index in [4.69, 9.17) is 9.47 Å². The van der Waals surface area contributed by atoms with Crippen LogP contribution >= 0.6 is 0 Å². The van der Waals surface area contributed by atoms with Gasteiger partial charge in [0.1, 0.15) is 11.6 Å². The van der Waals surface area contributed by atoms with E-state index in [1.54, 1.807) is 7.11 Å². The van der Waals surface area contributed by atoms with E-state index in [2.05, 4.69) is 34.6 Å². The molecule has 0 unspecified atom stereocenters. The fraction of sp³-hybridized carbons (Fsp3) is 0.316. The molecule has 0 atom stereocenters. The first kappa shape index (κ1) is 15.6. The summed E-state index contributed by atoms with van der Waals surface area (Å²) in [5.74, 6) is 1.87. The number of hydrogen-bond donors (Lipinski definition) is 1. The van der Waals surface area contributed by atoms with Crippen LogP contribution in [0.15, 0.2) is 53.5 Å². The Labute approximate surface area is 137 Å². The molecule has 0 saturated heterocycles. The van der Waals surface area contributed by atoms with Gasteiger partial charge in [-0.1, -0.05) is 36.4 Å². The number of ether oxygens (including phenoxy) is 2. The van der Waals surface area contributed by atoms with E-state index < -0.39 is 0 Å². The van der Waals surface area contributed by atoms with Crippen LogP contribution in [0.5, 0.6) is 5.75 Å². The molecule has 0 fully saturated rings. The van der Waals surface area contributed by atoms with Crippen molar-refractivity contribution in [2.45, 2.75) is 19.6 Å². The van der Waals surface area contributed by atoms with Crippen LogP contribution in [0.1, 0.15) is 23.1 Å². The molecule has 0 saturated carbocycles. The standard InChI is InChI=1S/C19H22N2O2/c1-22-18-9-5-16(6-10-18)14-23-13-15-3-7-17(8-4-15)19-20-11-2-12-21-19/h3-10H,2,11-14H2,1H3,(H,20,21). The Morgan fingerprint density at radius 2 is 1.61 bits per heavy atom. The number of benzene rings is 2. The minimum Gasteiger partial charge on any atom is -0.497 e. The van der Waals surface area contributed by atoms with Crippen LogP contribution in [0, 0.1) is 0 Å². The lowest BCUT2D eigenvalue weighted by Crippen LogP contribution is -2.30. The van der Waals surface area contributed by atoms with Gasteiger partial charge in [-0.25, -0.2) is 0 Å². The number of hydrogen-bond acceptors (Lipinski definition) is 4. The summed E-state index contributed by atoms with van der Waals surface area (Å²) in [6.45, 7) is 3.12. The van der Waals surface area contributed by atoms with Crippen molar-refractivity contribution in [3.05, 3.63) is 65.2 Å². The van der Waals surface area contributed by atoms with Gasteiger partial charge in [0.15, 0.2) is 0 Å². The molecule has 0 aromatic heterocycles. The van der Waals surface area contributed by atoms with Gasteiger partial charge in [0.25, 0.3) is 0 Å². The second-order valence-electron chi connectivity index (χ2n) is 5.55. The highest BCUT2D eigenvalue weighted by atomic mass is 16.5. The summed E-state index contributed by atoms with van der Waals surface area (Å²) >= 11 is 0. The lowest BCUT2D eigenvalue weighted by Gasteiger charge is -2.14.